The number of hydrogen-bond acceptors (Lipinski definition) is 8. The first-order chi connectivity index (χ1) is 15.3. The van der Waals surface area contributed by atoms with E-state index in [1.54, 1.807) is 11.8 Å². The van der Waals surface area contributed by atoms with E-state index in [2.05, 4.69) is 22.4 Å². The molecule has 2 aliphatic rings. The molecule has 0 aliphatic carbocycles. The summed E-state index contributed by atoms with van der Waals surface area (Å²) in [6, 6.07) is 6.83. The molecule has 2 heterocycles. The minimum atomic E-state index is -0.661. The van der Waals surface area contributed by atoms with Gasteiger partial charge in [0.1, 0.15) is 29.8 Å². The molecule has 1 aromatic carbocycles. The topological polar surface area (TPSA) is 105 Å². The van der Waals surface area contributed by atoms with Gasteiger partial charge in [-0.3, -0.25) is 9.79 Å². The molecule has 32 heavy (non-hydrogen) atoms. The molecule has 2 aliphatic heterocycles. The number of esters is 1. The Hall–Kier alpha value is -3.23. The van der Waals surface area contributed by atoms with Crippen molar-refractivity contribution < 1.29 is 19.1 Å². The summed E-state index contributed by atoms with van der Waals surface area (Å²) in [6.07, 6.45) is 2.35. The van der Waals surface area contributed by atoms with Crippen LogP contribution in [0.2, 0.25) is 0 Å². The fraction of sp³-hybridized carbons (Fsp3) is 0.522. The molecule has 0 saturated carbocycles. The number of carbonyl (C=O) groups is 2. The lowest BCUT2D eigenvalue weighted by atomic mass is 9.97. The van der Waals surface area contributed by atoms with Crippen molar-refractivity contribution in [3.63, 3.8) is 0 Å². The molecule has 9 nitrogen and oxygen atoms in total. The fourth-order valence-corrected chi connectivity index (χ4v) is 3.66. The molecular weight excluding hydrogens is 410 g/mol. The van der Waals surface area contributed by atoms with Gasteiger partial charge in [-0.2, -0.15) is 5.10 Å². The zero-order valence-corrected chi connectivity index (χ0v) is 19.3. The first-order valence-electron chi connectivity index (χ1n) is 11.0. The predicted octanol–water partition coefficient (Wildman–Crippen LogP) is 3.06. The second-order valence-electron chi connectivity index (χ2n) is 8.00. The van der Waals surface area contributed by atoms with E-state index in [1.807, 2.05) is 38.1 Å². The summed E-state index contributed by atoms with van der Waals surface area (Å²) in [7, 11) is 1.36. The Labute approximate surface area is 188 Å². The Bertz CT molecular complexity index is 954. The highest BCUT2D eigenvalue weighted by atomic mass is 16.5. The molecule has 0 radical (unpaired) electrons. The fourth-order valence-electron chi connectivity index (χ4n) is 3.66. The van der Waals surface area contributed by atoms with Gasteiger partial charge in [-0.15, -0.1) is 5.10 Å². The van der Waals surface area contributed by atoms with E-state index in [0.29, 0.717) is 36.7 Å². The maximum Gasteiger partial charge on any atom is 0.327 e. The number of benzene rings is 1. The van der Waals surface area contributed by atoms with Gasteiger partial charge in [0, 0.05) is 5.69 Å². The summed E-state index contributed by atoms with van der Waals surface area (Å²) in [4.78, 5) is 31.3. The maximum absolute atomic E-state index is 13.1. The number of nitrogens with one attached hydrogen (secondary N) is 1. The van der Waals surface area contributed by atoms with Gasteiger partial charge in [-0.1, -0.05) is 20.3 Å². The molecule has 1 aromatic rings. The predicted molar refractivity (Wildman–Crippen MR) is 125 cm³/mol. The van der Waals surface area contributed by atoms with Crippen molar-refractivity contribution in [3.05, 3.63) is 24.3 Å². The molecule has 0 saturated heterocycles. The number of anilines is 1. The number of nitrogens with zero attached hydrogens (tertiary/aromatic N) is 4. The molecular formula is C23H31N5O4. The minimum Gasteiger partial charge on any atom is -0.492 e. The largest absolute Gasteiger partial charge is 0.492 e. The summed E-state index contributed by atoms with van der Waals surface area (Å²) in [5.74, 6) is 0.175. The monoisotopic (exact) mass is 441 g/mol. The van der Waals surface area contributed by atoms with Crippen LogP contribution in [0, 0.1) is 0 Å². The summed E-state index contributed by atoms with van der Waals surface area (Å²) in [5, 5.41) is 11.4. The molecule has 2 unspecified atom stereocenters. The number of amides is 1. The number of rotatable bonds is 10. The Balaban J connectivity index is 1.61. The van der Waals surface area contributed by atoms with E-state index in [-0.39, 0.29) is 11.9 Å². The summed E-state index contributed by atoms with van der Waals surface area (Å²) in [6.45, 7) is 8.46. The zero-order chi connectivity index (χ0) is 23.3. The number of fused-ring (bicyclic) bond motifs is 1. The van der Waals surface area contributed by atoms with Crippen LogP contribution in [0.25, 0.3) is 0 Å². The molecule has 0 spiro atoms. The third-order valence-electron chi connectivity index (χ3n) is 5.68. The second-order valence-corrected chi connectivity index (χ2v) is 8.00. The first-order valence-corrected chi connectivity index (χ1v) is 11.0. The molecule has 0 bridgehead atoms. The molecule has 0 aromatic heterocycles. The van der Waals surface area contributed by atoms with E-state index in [0.717, 1.165) is 24.2 Å². The highest BCUT2D eigenvalue weighted by Crippen LogP contribution is 2.28. The molecule has 1 N–H and O–H groups in total. The van der Waals surface area contributed by atoms with Crippen LogP contribution in [0.15, 0.2) is 39.5 Å². The van der Waals surface area contributed by atoms with Crippen LogP contribution >= 0.6 is 0 Å². The van der Waals surface area contributed by atoms with E-state index in [9.17, 15) is 9.59 Å². The van der Waals surface area contributed by atoms with Crippen LogP contribution in [-0.4, -0.2) is 65.9 Å². The van der Waals surface area contributed by atoms with E-state index >= 15 is 0 Å². The second kappa shape index (κ2) is 9.93. The highest BCUT2D eigenvalue weighted by molar-refractivity contribution is 6.83. The third kappa shape index (κ3) is 4.81. The van der Waals surface area contributed by atoms with Crippen LogP contribution < -0.4 is 10.1 Å². The standard InChI is InChI=1S/C23H31N5O4/c1-6-8-18-19-20(27-26-18)21(29)28(23(4,7-2)25-19)13-14-32-17-11-9-16(10-12-17)24-15(3)22(30)31-5/h9-12,15,24H,6-8,13-14H2,1-5H3. The maximum atomic E-state index is 13.1. The quantitative estimate of drug-likeness (QED) is 0.562. The Morgan fingerprint density at radius 1 is 1.19 bits per heavy atom. The average Bonchev–Trinajstić information content (AvgIpc) is 3.19. The van der Waals surface area contributed by atoms with E-state index < -0.39 is 11.7 Å². The van der Waals surface area contributed by atoms with E-state index in [4.69, 9.17) is 14.5 Å². The van der Waals surface area contributed by atoms with Crippen molar-refractivity contribution >= 4 is 34.7 Å². The van der Waals surface area contributed by atoms with Gasteiger partial charge in [-0.25, -0.2) is 4.79 Å². The molecule has 1 amide bonds. The number of methoxy groups -OCH3 is 1. The molecule has 172 valence electrons. The lowest BCUT2D eigenvalue weighted by Gasteiger charge is -2.41. The van der Waals surface area contributed by atoms with Gasteiger partial charge in [0.15, 0.2) is 5.71 Å². The van der Waals surface area contributed by atoms with Crippen molar-refractivity contribution in [2.24, 2.45) is 15.2 Å². The number of ether oxygens (including phenoxy) is 2. The van der Waals surface area contributed by atoms with Crippen molar-refractivity contribution in [1.29, 1.82) is 0 Å². The Morgan fingerprint density at radius 2 is 1.91 bits per heavy atom. The van der Waals surface area contributed by atoms with Gasteiger partial charge in [0.2, 0.25) is 0 Å². The SMILES string of the molecule is CCCC1=NN=C2C(=O)N(CCOc3ccc(NC(C)C(=O)OC)cc3)C(C)(CC)N=C12. The normalized spacial score (nSPS) is 20.7. The van der Waals surface area contributed by atoms with Gasteiger partial charge >= 0.3 is 5.97 Å². The van der Waals surface area contributed by atoms with Crippen LogP contribution in [-0.2, 0) is 14.3 Å². The van der Waals surface area contributed by atoms with Gasteiger partial charge in [0.25, 0.3) is 5.91 Å². The Kier molecular flexibility index (Phi) is 7.27. The van der Waals surface area contributed by atoms with Gasteiger partial charge < -0.3 is 19.7 Å². The van der Waals surface area contributed by atoms with Crippen molar-refractivity contribution in [1.82, 2.24) is 4.90 Å². The summed E-state index contributed by atoms with van der Waals surface area (Å²) in [5.41, 5.74) is 1.88. The lowest BCUT2D eigenvalue weighted by molar-refractivity contribution is -0.141. The van der Waals surface area contributed by atoms with Gasteiger partial charge in [-0.05, 0) is 51.0 Å². The summed E-state index contributed by atoms with van der Waals surface area (Å²) >= 11 is 0. The molecule has 9 heteroatoms. The first kappa shape index (κ1) is 23.4. The summed E-state index contributed by atoms with van der Waals surface area (Å²) < 4.78 is 10.6. The average molecular weight is 442 g/mol. The number of hydrogen-bond donors (Lipinski definition) is 1. The van der Waals surface area contributed by atoms with Crippen LogP contribution in [0.4, 0.5) is 5.69 Å². The van der Waals surface area contributed by atoms with Crippen molar-refractivity contribution in [2.75, 3.05) is 25.6 Å². The number of aliphatic imine (C=N–C) groups is 1. The van der Waals surface area contributed by atoms with Crippen LogP contribution in [0.3, 0.4) is 0 Å². The highest BCUT2D eigenvalue weighted by Gasteiger charge is 2.44. The van der Waals surface area contributed by atoms with Gasteiger partial charge in [0.05, 0.1) is 19.4 Å². The molecule has 2 atom stereocenters. The number of carbonyl (C=O) groups excluding carboxylic acids is 2. The van der Waals surface area contributed by atoms with E-state index in [1.165, 1.54) is 7.11 Å². The third-order valence-corrected chi connectivity index (χ3v) is 5.68. The van der Waals surface area contributed by atoms with Crippen molar-refractivity contribution in [3.8, 4) is 5.75 Å². The lowest BCUT2D eigenvalue weighted by Crippen LogP contribution is -2.58. The zero-order valence-electron chi connectivity index (χ0n) is 19.3. The Morgan fingerprint density at radius 3 is 2.53 bits per heavy atom. The smallest absolute Gasteiger partial charge is 0.327 e. The van der Waals surface area contributed by atoms with Crippen molar-refractivity contribution in [2.45, 2.75) is 58.7 Å². The van der Waals surface area contributed by atoms with Crippen LogP contribution in [0.1, 0.15) is 47.0 Å². The minimum absolute atomic E-state index is 0.158. The molecule has 0 fully saturated rings. The molecule has 3 rings (SSSR count). The van der Waals surface area contributed by atoms with Crippen LogP contribution in [0.5, 0.6) is 5.75 Å².